The number of hydrogen-bond acceptors (Lipinski definition) is 3. The van der Waals surface area contributed by atoms with Gasteiger partial charge in [-0.2, -0.15) is 0 Å². The molecule has 0 bridgehead atoms. The highest BCUT2D eigenvalue weighted by Crippen LogP contribution is 2.21. The van der Waals surface area contributed by atoms with Crippen LogP contribution in [0.4, 0.5) is 0 Å². The summed E-state index contributed by atoms with van der Waals surface area (Å²) >= 11 is 5.09. The molecule has 0 aliphatic carbocycles. The lowest BCUT2D eigenvalue weighted by molar-refractivity contribution is -0.121. The summed E-state index contributed by atoms with van der Waals surface area (Å²) in [4.78, 5) is 12.5. The molecule has 16 heavy (non-hydrogen) atoms. The van der Waals surface area contributed by atoms with E-state index in [2.05, 4.69) is 27.3 Å². The highest BCUT2D eigenvalue weighted by Gasteiger charge is 2.04. The van der Waals surface area contributed by atoms with Gasteiger partial charge in [0.2, 0.25) is 5.91 Å². The van der Waals surface area contributed by atoms with Crippen LogP contribution in [-0.2, 0) is 11.2 Å². The predicted octanol–water partition coefficient (Wildman–Crippen LogP) is 2.33. The Labute approximate surface area is 114 Å². The Kier molecular flexibility index (Phi) is 8.01. The van der Waals surface area contributed by atoms with Crippen molar-refractivity contribution in [1.29, 1.82) is 0 Å². The van der Waals surface area contributed by atoms with Crippen LogP contribution in [0.25, 0.3) is 0 Å². The molecule has 0 fully saturated rings. The molecular weight excluding hydrogens is 312 g/mol. The van der Waals surface area contributed by atoms with Gasteiger partial charge in [0.1, 0.15) is 0 Å². The normalized spacial score (nSPS) is 11.7. The number of halogens is 2. The highest BCUT2D eigenvalue weighted by atomic mass is 79.9. The number of amides is 1. The molecule has 1 amide bonds. The number of thiophene rings is 1. The summed E-state index contributed by atoms with van der Waals surface area (Å²) in [5.41, 5.74) is 5.51. The molecule has 3 nitrogen and oxygen atoms in total. The van der Waals surface area contributed by atoms with E-state index in [1.807, 2.05) is 13.0 Å². The first-order valence-electron chi connectivity index (χ1n) is 4.84. The maximum Gasteiger partial charge on any atom is 0.221 e. The quantitative estimate of drug-likeness (QED) is 0.872. The minimum Gasteiger partial charge on any atom is -0.356 e. The summed E-state index contributed by atoms with van der Waals surface area (Å²) in [5.74, 6) is 0.0284. The van der Waals surface area contributed by atoms with E-state index in [-0.39, 0.29) is 24.4 Å². The number of nitrogens with one attached hydrogen (secondary N) is 1. The molecule has 0 aromatic carbocycles. The number of hydrogen-bond donors (Lipinski definition) is 2. The monoisotopic (exact) mass is 326 g/mol. The topological polar surface area (TPSA) is 55.1 Å². The Morgan fingerprint density at radius 1 is 1.62 bits per heavy atom. The standard InChI is InChI=1S/C10H15BrN2OS.ClH/c1-7(12)6-10(14)13-5-4-8-2-3-9(11)15-8;/h2-3,7H,4-6,12H2,1H3,(H,13,14);1H. The zero-order valence-corrected chi connectivity index (χ0v) is 12.3. The molecule has 92 valence electrons. The minimum atomic E-state index is -0.0686. The van der Waals surface area contributed by atoms with E-state index in [0.717, 1.165) is 10.2 Å². The second kappa shape index (κ2) is 8.06. The second-order valence-electron chi connectivity index (χ2n) is 3.49. The maximum absolute atomic E-state index is 11.3. The van der Waals surface area contributed by atoms with Crippen molar-refractivity contribution in [3.8, 4) is 0 Å². The smallest absolute Gasteiger partial charge is 0.221 e. The first-order chi connectivity index (χ1) is 7.08. The van der Waals surface area contributed by atoms with Crippen molar-refractivity contribution in [2.24, 2.45) is 5.73 Å². The third kappa shape index (κ3) is 6.48. The van der Waals surface area contributed by atoms with E-state index < -0.39 is 0 Å². The lowest BCUT2D eigenvalue weighted by atomic mass is 10.2. The van der Waals surface area contributed by atoms with Gasteiger partial charge in [0.05, 0.1) is 3.79 Å². The Morgan fingerprint density at radius 3 is 2.81 bits per heavy atom. The molecule has 1 unspecified atom stereocenters. The molecule has 6 heteroatoms. The van der Waals surface area contributed by atoms with Crippen LogP contribution in [0, 0.1) is 0 Å². The van der Waals surface area contributed by atoms with E-state index in [9.17, 15) is 4.79 Å². The van der Waals surface area contributed by atoms with Crippen molar-refractivity contribution in [3.05, 3.63) is 20.8 Å². The largest absolute Gasteiger partial charge is 0.356 e. The third-order valence-electron chi connectivity index (χ3n) is 1.83. The summed E-state index contributed by atoms with van der Waals surface area (Å²) in [7, 11) is 0. The van der Waals surface area contributed by atoms with Gasteiger partial charge >= 0.3 is 0 Å². The molecule has 0 spiro atoms. The van der Waals surface area contributed by atoms with Crippen LogP contribution in [0.3, 0.4) is 0 Å². The van der Waals surface area contributed by atoms with Gasteiger partial charge in [-0.05, 0) is 41.4 Å². The van der Waals surface area contributed by atoms with Crippen LogP contribution >= 0.6 is 39.7 Å². The molecule has 0 saturated heterocycles. The highest BCUT2D eigenvalue weighted by molar-refractivity contribution is 9.11. The Balaban J connectivity index is 0.00000225. The predicted molar refractivity (Wildman–Crippen MR) is 74.2 cm³/mol. The first kappa shape index (κ1) is 15.9. The molecule has 0 radical (unpaired) electrons. The first-order valence-corrected chi connectivity index (χ1v) is 6.45. The molecule has 3 N–H and O–H groups in total. The fraction of sp³-hybridized carbons (Fsp3) is 0.500. The molecule has 1 aromatic rings. The van der Waals surface area contributed by atoms with Crippen LogP contribution in [0.2, 0.25) is 0 Å². The summed E-state index contributed by atoms with van der Waals surface area (Å²) < 4.78 is 1.12. The average Bonchev–Trinajstić information content (AvgIpc) is 2.50. The van der Waals surface area contributed by atoms with Gasteiger partial charge in [-0.15, -0.1) is 23.7 Å². The van der Waals surface area contributed by atoms with Crippen LogP contribution in [0.1, 0.15) is 18.2 Å². The average molecular weight is 328 g/mol. The molecular formula is C10H16BrClN2OS. The maximum atomic E-state index is 11.3. The summed E-state index contributed by atoms with van der Waals surface area (Å²) in [6, 6.07) is 4.01. The number of carbonyl (C=O) groups excluding carboxylic acids is 1. The van der Waals surface area contributed by atoms with Crippen molar-refractivity contribution in [2.75, 3.05) is 6.54 Å². The number of nitrogens with two attached hydrogens (primary N) is 1. The van der Waals surface area contributed by atoms with E-state index in [1.54, 1.807) is 11.3 Å². The molecule has 0 saturated carbocycles. The van der Waals surface area contributed by atoms with Crippen molar-refractivity contribution in [3.63, 3.8) is 0 Å². The van der Waals surface area contributed by atoms with Gasteiger partial charge < -0.3 is 11.1 Å². The second-order valence-corrected chi connectivity index (χ2v) is 6.03. The van der Waals surface area contributed by atoms with Gasteiger partial charge in [-0.3, -0.25) is 4.79 Å². The van der Waals surface area contributed by atoms with E-state index in [0.29, 0.717) is 13.0 Å². The zero-order valence-electron chi connectivity index (χ0n) is 9.03. The molecule has 1 heterocycles. The fourth-order valence-electron chi connectivity index (χ4n) is 1.18. The number of carbonyl (C=O) groups is 1. The van der Waals surface area contributed by atoms with Gasteiger partial charge in [-0.25, -0.2) is 0 Å². The van der Waals surface area contributed by atoms with Gasteiger partial charge in [0.15, 0.2) is 0 Å². The molecule has 1 atom stereocenters. The Hall–Kier alpha value is -0.100. The summed E-state index contributed by atoms with van der Waals surface area (Å²) in [6.45, 7) is 2.51. The fourth-order valence-corrected chi connectivity index (χ4v) is 2.66. The van der Waals surface area contributed by atoms with Crippen LogP contribution < -0.4 is 11.1 Å². The van der Waals surface area contributed by atoms with Crippen molar-refractivity contribution >= 4 is 45.6 Å². The van der Waals surface area contributed by atoms with Crippen LogP contribution in [0.5, 0.6) is 0 Å². The lowest BCUT2D eigenvalue weighted by Crippen LogP contribution is -2.31. The van der Waals surface area contributed by atoms with E-state index >= 15 is 0 Å². The Bertz CT molecular complexity index is 330. The summed E-state index contributed by atoms with van der Waals surface area (Å²) in [5, 5.41) is 2.84. The zero-order chi connectivity index (χ0) is 11.3. The van der Waals surface area contributed by atoms with Crippen LogP contribution in [-0.4, -0.2) is 18.5 Å². The number of rotatable bonds is 5. The van der Waals surface area contributed by atoms with Gasteiger partial charge in [0.25, 0.3) is 0 Å². The molecule has 0 aliphatic rings. The summed E-state index contributed by atoms with van der Waals surface area (Å²) in [6.07, 6.45) is 1.27. The molecule has 1 rings (SSSR count). The van der Waals surface area contributed by atoms with Crippen molar-refractivity contribution in [1.82, 2.24) is 5.32 Å². The molecule has 1 aromatic heterocycles. The van der Waals surface area contributed by atoms with Crippen LogP contribution in [0.15, 0.2) is 15.9 Å². The van der Waals surface area contributed by atoms with Crippen molar-refractivity contribution < 1.29 is 4.79 Å². The van der Waals surface area contributed by atoms with E-state index in [4.69, 9.17) is 5.73 Å². The lowest BCUT2D eigenvalue weighted by Gasteiger charge is -2.06. The SMILES string of the molecule is CC(N)CC(=O)NCCc1ccc(Br)s1.Cl. The third-order valence-corrected chi connectivity index (χ3v) is 3.51. The molecule has 0 aliphatic heterocycles. The van der Waals surface area contributed by atoms with Gasteiger partial charge in [0, 0.05) is 23.9 Å². The van der Waals surface area contributed by atoms with Gasteiger partial charge in [-0.1, -0.05) is 0 Å². The van der Waals surface area contributed by atoms with Crippen molar-refractivity contribution in [2.45, 2.75) is 25.8 Å². The Morgan fingerprint density at radius 2 is 2.31 bits per heavy atom. The minimum absolute atomic E-state index is 0. The van der Waals surface area contributed by atoms with E-state index in [1.165, 1.54) is 4.88 Å².